The Bertz CT molecular complexity index is 1330. The topological polar surface area (TPSA) is 108 Å². The number of carbonyl (C=O) groups is 3. The lowest BCUT2D eigenvalue weighted by atomic mass is 10.1. The van der Waals surface area contributed by atoms with Gasteiger partial charge in [-0.1, -0.05) is 18.4 Å². The first kappa shape index (κ1) is 29.5. The lowest BCUT2D eigenvalue weighted by molar-refractivity contribution is -0.138. The van der Waals surface area contributed by atoms with E-state index in [1.54, 1.807) is 48.5 Å². The molecule has 0 heterocycles. The summed E-state index contributed by atoms with van der Waals surface area (Å²) >= 11 is 0. The van der Waals surface area contributed by atoms with Crippen molar-refractivity contribution in [2.24, 2.45) is 0 Å². The average molecular weight is 543 g/mol. The van der Waals surface area contributed by atoms with Crippen LogP contribution in [-0.2, 0) is 14.3 Å². The summed E-state index contributed by atoms with van der Waals surface area (Å²) in [5, 5.41) is 8.65. The minimum absolute atomic E-state index is 0.0455. The largest absolute Gasteiger partial charge is 0.494 e. The Morgan fingerprint density at radius 1 is 0.700 bits per heavy atom. The lowest BCUT2D eigenvalue weighted by Gasteiger charge is -2.07. The van der Waals surface area contributed by atoms with E-state index >= 15 is 0 Å². The summed E-state index contributed by atoms with van der Waals surface area (Å²) in [6.07, 6.45) is 3.07. The Labute approximate surface area is 233 Å². The van der Waals surface area contributed by atoms with E-state index in [1.165, 1.54) is 0 Å². The molecular formula is C32H30O8. The summed E-state index contributed by atoms with van der Waals surface area (Å²) in [6, 6.07) is 20.8. The van der Waals surface area contributed by atoms with E-state index in [-0.39, 0.29) is 6.42 Å². The molecule has 0 saturated carbocycles. The standard InChI is InChI=1S/C32H30O8/c1-2-31(35)39-22-4-3-21-37-27-15-11-25(12-16-27)8-7-24-9-13-26(14-10-24)32(36)40-29-19-17-28(18-20-29)38-23-5-6-30(33)34/h2,9-20H,1,3-6,21-23H2,(H,33,34). The Morgan fingerprint density at radius 3 is 1.77 bits per heavy atom. The van der Waals surface area contributed by atoms with Crippen LogP contribution in [0, 0.1) is 11.8 Å². The van der Waals surface area contributed by atoms with Crippen LogP contribution >= 0.6 is 0 Å². The molecule has 0 bridgehead atoms. The minimum atomic E-state index is -0.863. The summed E-state index contributed by atoms with van der Waals surface area (Å²) in [7, 11) is 0. The van der Waals surface area contributed by atoms with Crippen molar-refractivity contribution in [1.29, 1.82) is 0 Å². The fourth-order valence-corrected chi connectivity index (χ4v) is 3.28. The van der Waals surface area contributed by atoms with E-state index in [9.17, 15) is 14.4 Å². The molecule has 3 aromatic rings. The number of unbranched alkanes of at least 4 members (excludes halogenated alkanes) is 1. The zero-order chi connectivity index (χ0) is 28.6. The molecule has 8 nitrogen and oxygen atoms in total. The van der Waals surface area contributed by atoms with Crippen molar-refractivity contribution < 1.29 is 38.4 Å². The molecule has 0 amide bonds. The van der Waals surface area contributed by atoms with Gasteiger partial charge in [-0.2, -0.15) is 0 Å². The Balaban J connectivity index is 1.42. The lowest BCUT2D eigenvalue weighted by Crippen LogP contribution is -2.08. The van der Waals surface area contributed by atoms with Gasteiger partial charge in [0.2, 0.25) is 0 Å². The van der Waals surface area contributed by atoms with Gasteiger partial charge in [0, 0.05) is 23.6 Å². The van der Waals surface area contributed by atoms with Crippen molar-refractivity contribution in [2.75, 3.05) is 19.8 Å². The van der Waals surface area contributed by atoms with Gasteiger partial charge in [0.05, 0.1) is 25.4 Å². The van der Waals surface area contributed by atoms with E-state index in [1.807, 2.05) is 24.3 Å². The van der Waals surface area contributed by atoms with Crippen molar-refractivity contribution in [3.8, 4) is 29.1 Å². The molecule has 0 aliphatic rings. The molecule has 0 fully saturated rings. The van der Waals surface area contributed by atoms with Gasteiger partial charge in [0.25, 0.3) is 0 Å². The molecular weight excluding hydrogens is 512 g/mol. The van der Waals surface area contributed by atoms with Crippen molar-refractivity contribution in [2.45, 2.75) is 25.7 Å². The van der Waals surface area contributed by atoms with E-state index in [0.717, 1.165) is 29.4 Å². The average Bonchev–Trinajstić information content (AvgIpc) is 2.97. The van der Waals surface area contributed by atoms with Crippen molar-refractivity contribution in [1.82, 2.24) is 0 Å². The predicted molar refractivity (Wildman–Crippen MR) is 149 cm³/mol. The van der Waals surface area contributed by atoms with Crippen molar-refractivity contribution in [3.05, 3.63) is 102 Å². The number of ether oxygens (including phenoxy) is 4. The molecule has 3 rings (SSSR count). The van der Waals surface area contributed by atoms with Crippen LogP contribution in [0.5, 0.6) is 17.2 Å². The molecule has 0 atom stereocenters. The highest BCUT2D eigenvalue weighted by Gasteiger charge is 2.09. The molecule has 0 saturated heterocycles. The summed E-state index contributed by atoms with van der Waals surface area (Å²) < 4.78 is 21.5. The third kappa shape index (κ3) is 10.8. The Hall–Kier alpha value is -5.03. The van der Waals surface area contributed by atoms with Crippen molar-refractivity contribution >= 4 is 17.9 Å². The summed E-state index contributed by atoms with van der Waals surface area (Å²) in [5.74, 6) is 6.04. The minimum Gasteiger partial charge on any atom is -0.494 e. The van der Waals surface area contributed by atoms with Crippen LogP contribution in [0.3, 0.4) is 0 Å². The molecule has 0 unspecified atom stereocenters. The van der Waals surface area contributed by atoms with Crippen molar-refractivity contribution in [3.63, 3.8) is 0 Å². The number of carboxylic acids is 1. The van der Waals surface area contributed by atoms with Crippen LogP contribution in [0.2, 0.25) is 0 Å². The highest BCUT2D eigenvalue weighted by Crippen LogP contribution is 2.19. The smallest absolute Gasteiger partial charge is 0.343 e. The van der Waals surface area contributed by atoms with Gasteiger partial charge in [0.1, 0.15) is 17.2 Å². The number of carbonyl (C=O) groups excluding carboxylic acids is 2. The van der Waals surface area contributed by atoms with E-state index in [4.69, 9.17) is 24.1 Å². The first-order chi connectivity index (χ1) is 19.4. The quantitative estimate of drug-likeness (QED) is 0.0944. The molecule has 0 radical (unpaired) electrons. The molecule has 1 N–H and O–H groups in total. The highest BCUT2D eigenvalue weighted by molar-refractivity contribution is 5.91. The molecule has 206 valence electrons. The van der Waals surface area contributed by atoms with Gasteiger partial charge in [-0.15, -0.1) is 0 Å². The summed E-state index contributed by atoms with van der Waals surface area (Å²) in [4.78, 5) is 34.0. The zero-order valence-corrected chi connectivity index (χ0v) is 22.0. The van der Waals surface area contributed by atoms with Crippen LogP contribution < -0.4 is 14.2 Å². The van der Waals surface area contributed by atoms with Crippen LogP contribution in [0.4, 0.5) is 0 Å². The maximum absolute atomic E-state index is 12.5. The number of aliphatic carboxylic acids is 1. The third-order valence-electron chi connectivity index (χ3n) is 5.38. The van der Waals surface area contributed by atoms with Crippen LogP contribution in [0.15, 0.2) is 85.5 Å². The van der Waals surface area contributed by atoms with Gasteiger partial charge < -0.3 is 24.1 Å². The number of esters is 2. The van der Waals surface area contributed by atoms with E-state index in [0.29, 0.717) is 49.7 Å². The van der Waals surface area contributed by atoms with Crippen LogP contribution in [0.25, 0.3) is 0 Å². The normalized spacial score (nSPS) is 10.0. The molecule has 8 heteroatoms. The number of carboxylic acid groups (broad SMARTS) is 1. The monoisotopic (exact) mass is 542 g/mol. The molecule has 40 heavy (non-hydrogen) atoms. The zero-order valence-electron chi connectivity index (χ0n) is 22.0. The second-order valence-electron chi connectivity index (χ2n) is 8.49. The maximum atomic E-state index is 12.5. The maximum Gasteiger partial charge on any atom is 0.343 e. The second-order valence-corrected chi connectivity index (χ2v) is 8.49. The second kappa shape index (κ2) is 16.0. The van der Waals surface area contributed by atoms with Crippen LogP contribution in [-0.4, -0.2) is 42.8 Å². The van der Waals surface area contributed by atoms with E-state index in [2.05, 4.69) is 18.4 Å². The number of hydrogen-bond acceptors (Lipinski definition) is 7. The van der Waals surface area contributed by atoms with Gasteiger partial charge in [-0.05, 0) is 92.1 Å². The van der Waals surface area contributed by atoms with Gasteiger partial charge in [-0.3, -0.25) is 4.79 Å². The summed E-state index contributed by atoms with van der Waals surface area (Å²) in [5.41, 5.74) is 1.96. The fraction of sp³-hybridized carbons (Fsp3) is 0.219. The first-order valence-corrected chi connectivity index (χ1v) is 12.7. The Kier molecular flexibility index (Phi) is 11.8. The SMILES string of the molecule is C=CC(=O)OCCCCOc1ccc(C#Cc2ccc(C(=O)Oc3ccc(OCCCC(=O)O)cc3)cc2)cc1. The molecule has 0 spiro atoms. The molecule has 0 aromatic heterocycles. The first-order valence-electron chi connectivity index (χ1n) is 12.7. The molecule has 0 aliphatic carbocycles. The number of rotatable bonds is 14. The predicted octanol–water partition coefficient (Wildman–Crippen LogP) is 5.44. The number of hydrogen-bond donors (Lipinski definition) is 1. The fourth-order valence-electron chi connectivity index (χ4n) is 3.28. The Morgan fingerprint density at radius 2 is 1.20 bits per heavy atom. The molecule has 0 aliphatic heterocycles. The van der Waals surface area contributed by atoms with Gasteiger partial charge >= 0.3 is 17.9 Å². The van der Waals surface area contributed by atoms with E-state index < -0.39 is 17.9 Å². The highest BCUT2D eigenvalue weighted by atomic mass is 16.5. The summed E-state index contributed by atoms with van der Waals surface area (Å²) in [6.45, 7) is 4.50. The third-order valence-corrected chi connectivity index (χ3v) is 5.38. The number of benzene rings is 3. The van der Waals surface area contributed by atoms with Gasteiger partial charge in [-0.25, -0.2) is 9.59 Å². The molecule has 3 aromatic carbocycles. The van der Waals surface area contributed by atoms with Crippen LogP contribution in [0.1, 0.15) is 47.2 Å². The van der Waals surface area contributed by atoms with Gasteiger partial charge in [0.15, 0.2) is 0 Å².